The van der Waals surface area contributed by atoms with Crippen LogP contribution in [-0.4, -0.2) is 41.2 Å². The van der Waals surface area contributed by atoms with Gasteiger partial charge in [-0.05, 0) is 36.6 Å². The monoisotopic (exact) mass is 334 g/mol. The highest BCUT2D eigenvalue weighted by Crippen LogP contribution is 2.21. The normalized spacial score (nSPS) is 19.1. The van der Waals surface area contributed by atoms with Crippen LogP contribution in [0.3, 0.4) is 0 Å². The van der Waals surface area contributed by atoms with E-state index in [0.717, 1.165) is 17.4 Å². The molecule has 128 valence electrons. The van der Waals surface area contributed by atoms with Crippen LogP contribution in [-0.2, 0) is 20.7 Å². The molecule has 1 aliphatic heterocycles. The second-order valence-electron chi connectivity index (χ2n) is 6.02. The van der Waals surface area contributed by atoms with Gasteiger partial charge in [-0.2, -0.15) is 0 Å². The summed E-state index contributed by atoms with van der Waals surface area (Å²) in [5.74, 6) is -2.07. The topological polar surface area (TPSA) is 91.4 Å². The van der Waals surface area contributed by atoms with E-state index in [1.807, 2.05) is 0 Å². The molecule has 0 bridgehead atoms. The van der Waals surface area contributed by atoms with Crippen molar-refractivity contribution in [2.75, 3.05) is 13.2 Å². The van der Waals surface area contributed by atoms with Gasteiger partial charge in [0.15, 0.2) is 0 Å². The second kappa shape index (κ2) is 7.00. The molecule has 24 heavy (non-hydrogen) atoms. The standard InChI is InChI=1S/C17H19FN2O4/c18-12-3-4-13-11(8-19-14(13)7-12)6-15(17(22)23)20-16(21)10-2-1-5-24-9-10/h3-4,7-8,10,15,19H,1-2,5-6,9H2,(H,20,21)(H,22,23)/t10-,15-/m1/s1. The van der Waals surface area contributed by atoms with E-state index in [9.17, 15) is 19.1 Å². The molecule has 6 nitrogen and oxygen atoms in total. The van der Waals surface area contributed by atoms with E-state index in [4.69, 9.17) is 4.74 Å². The summed E-state index contributed by atoms with van der Waals surface area (Å²) in [7, 11) is 0. The molecule has 1 aromatic carbocycles. The fraction of sp³-hybridized carbons (Fsp3) is 0.412. The number of carboxylic acids is 1. The number of rotatable bonds is 5. The van der Waals surface area contributed by atoms with Gasteiger partial charge in [0, 0.05) is 30.1 Å². The maximum atomic E-state index is 13.2. The Balaban J connectivity index is 1.73. The van der Waals surface area contributed by atoms with E-state index >= 15 is 0 Å². The van der Waals surface area contributed by atoms with Gasteiger partial charge in [-0.25, -0.2) is 9.18 Å². The molecule has 2 aromatic rings. The molecule has 1 aliphatic rings. The zero-order valence-corrected chi connectivity index (χ0v) is 13.0. The molecule has 0 saturated carbocycles. The number of ether oxygens (including phenoxy) is 1. The van der Waals surface area contributed by atoms with Crippen molar-refractivity contribution in [2.45, 2.75) is 25.3 Å². The predicted molar refractivity (Wildman–Crippen MR) is 85.1 cm³/mol. The zero-order chi connectivity index (χ0) is 17.1. The van der Waals surface area contributed by atoms with Crippen LogP contribution in [0.4, 0.5) is 4.39 Å². The van der Waals surface area contributed by atoms with E-state index in [2.05, 4.69) is 10.3 Å². The Morgan fingerprint density at radius 2 is 2.29 bits per heavy atom. The summed E-state index contributed by atoms with van der Waals surface area (Å²) < 4.78 is 18.5. The number of nitrogens with one attached hydrogen (secondary N) is 2. The lowest BCUT2D eigenvalue weighted by Gasteiger charge is -2.23. The van der Waals surface area contributed by atoms with Gasteiger partial charge in [0.05, 0.1) is 12.5 Å². The summed E-state index contributed by atoms with van der Waals surface area (Å²) in [5.41, 5.74) is 1.32. The summed E-state index contributed by atoms with van der Waals surface area (Å²) in [6.45, 7) is 0.961. The molecule has 1 saturated heterocycles. The minimum atomic E-state index is -1.10. The predicted octanol–water partition coefficient (Wildman–Crippen LogP) is 1.85. The number of H-pyrrole nitrogens is 1. The molecule has 0 radical (unpaired) electrons. The summed E-state index contributed by atoms with van der Waals surface area (Å²) in [5, 5.41) is 12.8. The summed E-state index contributed by atoms with van der Waals surface area (Å²) in [6, 6.07) is 3.25. The van der Waals surface area contributed by atoms with Gasteiger partial charge in [-0.3, -0.25) is 4.79 Å². The number of carbonyl (C=O) groups excluding carboxylic acids is 1. The van der Waals surface area contributed by atoms with Gasteiger partial charge in [-0.15, -0.1) is 0 Å². The Kier molecular flexibility index (Phi) is 4.80. The number of aliphatic carboxylic acids is 1. The van der Waals surface area contributed by atoms with Crippen LogP contribution < -0.4 is 5.32 Å². The Bertz CT molecular complexity index is 752. The molecule has 0 spiro atoms. The summed E-state index contributed by atoms with van der Waals surface area (Å²) >= 11 is 0. The highest BCUT2D eigenvalue weighted by atomic mass is 19.1. The number of hydrogen-bond acceptors (Lipinski definition) is 3. The molecular weight excluding hydrogens is 315 g/mol. The van der Waals surface area contributed by atoms with Gasteiger partial charge in [-0.1, -0.05) is 0 Å². The fourth-order valence-corrected chi connectivity index (χ4v) is 2.98. The Morgan fingerprint density at radius 3 is 3.00 bits per heavy atom. The molecule has 0 aliphatic carbocycles. The van der Waals surface area contributed by atoms with E-state index in [-0.39, 0.29) is 24.1 Å². The third-order valence-electron chi connectivity index (χ3n) is 4.30. The van der Waals surface area contributed by atoms with E-state index in [0.29, 0.717) is 25.2 Å². The fourth-order valence-electron chi connectivity index (χ4n) is 2.98. The maximum Gasteiger partial charge on any atom is 0.326 e. The van der Waals surface area contributed by atoms with Crippen LogP contribution in [0.2, 0.25) is 0 Å². The average Bonchev–Trinajstić information content (AvgIpc) is 2.96. The minimum absolute atomic E-state index is 0.125. The first-order chi connectivity index (χ1) is 11.5. The van der Waals surface area contributed by atoms with Crippen molar-refractivity contribution >= 4 is 22.8 Å². The largest absolute Gasteiger partial charge is 0.480 e. The van der Waals surface area contributed by atoms with Crippen molar-refractivity contribution < 1.29 is 23.8 Å². The van der Waals surface area contributed by atoms with Crippen LogP contribution in [0.15, 0.2) is 24.4 Å². The second-order valence-corrected chi connectivity index (χ2v) is 6.02. The van der Waals surface area contributed by atoms with Crippen molar-refractivity contribution in [1.82, 2.24) is 10.3 Å². The molecule has 2 atom stereocenters. The number of carboxylic acid groups (broad SMARTS) is 1. The number of benzene rings is 1. The van der Waals surface area contributed by atoms with Crippen molar-refractivity contribution in [3.05, 3.63) is 35.8 Å². The highest BCUT2D eigenvalue weighted by molar-refractivity contribution is 5.87. The van der Waals surface area contributed by atoms with Gasteiger partial charge >= 0.3 is 5.97 Å². The van der Waals surface area contributed by atoms with Crippen LogP contribution in [0.25, 0.3) is 10.9 Å². The maximum absolute atomic E-state index is 13.2. The van der Waals surface area contributed by atoms with E-state index < -0.39 is 12.0 Å². The first-order valence-electron chi connectivity index (χ1n) is 7.91. The number of aromatic amines is 1. The summed E-state index contributed by atoms with van der Waals surface area (Å²) in [6.07, 6.45) is 3.27. The van der Waals surface area contributed by atoms with Gasteiger partial charge < -0.3 is 20.1 Å². The Morgan fingerprint density at radius 1 is 1.46 bits per heavy atom. The Labute approximate surface area is 138 Å². The average molecular weight is 334 g/mol. The number of halogens is 1. The van der Waals surface area contributed by atoms with Gasteiger partial charge in [0.2, 0.25) is 5.91 Å². The van der Waals surface area contributed by atoms with Crippen molar-refractivity contribution in [3.8, 4) is 0 Å². The van der Waals surface area contributed by atoms with Crippen molar-refractivity contribution in [3.63, 3.8) is 0 Å². The molecule has 1 fully saturated rings. The van der Waals surface area contributed by atoms with Crippen molar-refractivity contribution in [2.24, 2.45) is 5.92 Å². The number of fused-ring (bicyclic) bond motifs is 1. The van der Waals surface area contributed by atoms with Crippen LogP contribution in [0, 0.1) is 11.7 Å². The minimum Gasteiger partial charge on any atom is -0.480 e. The number of amides is 1. The zero-order valence-electron chi connectivity index (χ0n) is 13.0. The molecule has 7 heteroatoms. The van der Waals surface area contributed by atoms with Gasteiger partial charge in [0.1, 0.15) is 11.9 Å². The lowest BCUT2D eigenvalue weighted by Crippen LogP contribution is -2.46. The molecular formula is C17H19FN2O4. The molecule has 1 amide bonds. The van der Waals surface area contributed by atoms with Crippen LogP contribution in [0.5, 0.6) is 0 Å². The molecule has 3 N–H and O–H groups in total. The lowest BCUT2D eigenvalue weighted by atomic mass is 9.99. The van der Waals surface area contributed by atoms with Crippen LogP contribution >= 0.6 is 0 Å². The van der Waals surface area contributed by atoms with Crippen LogP contribution in [0.1, 0.15) is 18.4 Å². The quantitative estimate of drug-likeness (QED) is 0.778. The number of carbonyl (C=O) groups is 2. The highest BCUT2D eigenvalue weighted by Gasteiger charge is 2.27. The molecule has 1 aromatic heterocycles. The Hall–Kier alpha value is -2.41. The third-order valence-corrected chi connectivity index (χ3v) is 4.30. The first-order valence-corrected chi connectivity index (χ1v) is 7.91. The van der Waals surface area contributed by atoms with Gasteiger partial charge in [0.25, 0.3) is 0 Å². The SMILES string of the molecule is O=C(N[C@H](Cc1c[nH]c2cc(F)ccc12)C(=O)O)[C@@H]1CCCOC1. The lowest BCUT2D eigenvalue weighted by molar-refractivity contribution is -0.143. The number of hydrogen-bond donors (Lipinski definition) is 3. The molecule has 3 rings (SSSR count). The first kappa shape index (κ1) is 16.4. The molecule has 2 heterocycles. The van der Waals surface area contributed by atoms with E-state index in [1.54, 1.807) is 12.3 Å². The number of aromatic nitrogens is 1. The smallest absolute Gasteiger partial charge is 0.326 e. The summed E-state index contributed by atoms with van der Waals surface area (Å²) in [4.78, 5) is 26.7. The molecule has 0 unspecified atom stereocenters. The van der Waals surface area contributed by atoms with E-state index in [1.165, 1.54) is 12.1 Å². The third kappa shape index (κ3) is 3.56. The van der Waals surface area contributed by atoms with Crippen molar-refractivity contribution in [1.29, 1.82) is 0 Å².